The van der Waals surface area contributed by atoms with Gasteiger partial charge in [0, 0.05) is 12.8 Å². The molecular weight excluding hydrogens is 1020 g/mol. The molecule has 3 N–H and O–H groups in total. The minimum absolute atomic E-state index is 0.0232. The van der Waals surface area contributed by atoms with Gasteiger partial charge in [-0.1, -0.05) is 392 Å². The number of carbonyl (C=O) groups is 2. The summed E-state index contributed by atoms with van der Waals surface area (Å²) < 4.78 is 5.52. The maximum atomic E-state index is 12.5. The second kappa shape index (κ2) is 73.1. The summed E-state index contributed by atoms with van der Waals surface area (Å²) in [5.74, 6) is -0.00588. The van der Waals surface area contributed by atoms with Crippen LogP contribution in [0.25, 0.3) is 0 Å². The van der Waals surface area contributed by atoms with Gasteiger partial charge >= 0.3 is 5.97 Å². The predicted molar refractivity (Wildman–Crippen MR) is 366 cm³/mol. The van der Waals surface area contributed by atoms with Crippen LogP contribution in [-0.2, 0) is 14.3 Å². The van der Waals surface area contributed by atoms with Crippen molar-refractivity contribution in [1.82, 2.24) is 5.32 Å². The van der Waals surface area contributed by atoms with Crippen molar-refractivity contribution in [2.75, 3.05) is 13.2 Å². The number of allylic oxidation sites excluding steroid dienone is 2. The zero-order valence-electron chi connectivity index (χ0n) is 56.7. The Morgan fingerprint density at radius 3 is 0.855 bits per heavy atom. The summed E-state index contributed by atoms with van der Waals surface area (Å²) in [4.78, 5) is 24.7. The first-order valence-electron chi connectivity index (χ1n) is 38.4. The highest BCUT2D eigenvalue weighted by molar-refractivity contribution is 5.76. The van der Waals surface area contributed by atoms with Crippen molar-refractivity contribution in [3.05, 3.63) is 12.2 Å². The zero-order chi connectivity index (χ0) is 59.9. The largest absolute Gasteiger partial charge is 0.466 e. The molecule has 1 amide bonds. The Hall–Kier alpha value is -1.40. The van der Waals surface area contributed by atoms with Gasteiger partial charge < -0.3 is 20.3 Å². The van der Waals surface area contributed by atoms with Gasteiger partial charge in [0.25, 0.3) is 0 Å². The van der Waals surface area contributed by atoms with Gasteiger partial charge in [0.15, 0.2) is 0 Å². The van der Waals surface area contributed by atoms with E-state index >= 15 is 0 Å². The normalized spacial score (nSPS) is 12.5. The van der Waals surface area contributed by atoms with E-state index in [2.05, 4.69) is 31.3 Å². The fourth-order valence-corrected chi connectivity index (χ4v) is 12.5. The van der Waals surface area contributed by atoms with Crippen LogP contribution in [0.15, 0.2) is 12.2 Å². The SMILES string of the molecule is CCCCCCCCCCCCCCCCCCCCCC(=O)OCCCCCCCCCCCCCC/C=C\CCCCCCCCCCCCCCCCC(=O)NC(CO)C(O)CCCCCCCCCCCCCCCCCCC. The van der Waals surface area contributed by atoms with E-state index in [1.54, 1.807) is 0 Å². The molecule has 6 heteroatoms. The van der Waals surface area contributed by atoms with Gasteiger partial charge in [0.05, 0.1) is 25.4 Å². The molecule has 0 spiro atoms. The van der Waals surface area contributed by atoms with Gasteiger partial charge in [-0.3, -0.25) is 9.59 Å². The standard InChI is InChI=1S/C77H151NO5/c1-3-5-7-9-11-13-15-17-19-21-34-39-43-47-51-55-59-63-67-71-77(82)83-72-68-64-60-56-52-48-44-40-36-33-31-29-27-25-23-22-24-26-28-30-32-35-38-42-46-50-54-58-62-66-70-76(81)78-74(73-79)75(80)69-65-61-57-53-49-45-41-37-20-18-16-14-12-10-8-6-4-2/h23,25,74-75,79-80H,3-22,24,26-73H2,1-2H3,(H,78,81)/b25-23-. The first-order chi connectivity index (χ1) is 41.0. The molecular formula is C77H151NO5. The number of amides is 1. The molecule has 0 aliphatic rings. The Labute approximate surface area is 520 Å². The van der Waals surface area contributed by atoms with Crippen LogP contribution in [0, 0.1) is 0 Å². The van der Waals surface area contributed by atoms with Gasteiger partial charge in [0.1, 0.15) is 0 Å². The highest BCUT2D eigenvalue weighted by Gasteiger charge is 2.20. The van der Waals surface area contributed by atoms with Gasteiger partial charge in [-0.15, -0.1) is 0 Å². The molecule has 0 rings (SSSR count). The summed E-state index contributed by atoms with van der Waals surface area (Å²) in [6.45, 7) is 5.01. The van der Waals surface area contributed by atoms with Crippen LogP contribution in [0.5, 0.6) is 0 Å². The lowest BCUT2D eigenvalue weighted by Crippen LogP contribution is -2.45. The summed E-state index contributed by atoms with van der Waals surface area (Å²) in [6, 6.07) is -0.540. The molecule has 0 heterocycles. The van der Waals surface area contributed by atoms with E-state index in [1.807, 2.05) is 0 Å². The summed E-state index contributed by atoms with van der Waals surface area (Å²) in [7, 11) is 0. The third-order valence-corrected chi connectivity index (χ3v) is 18.3. The second-order valence-electron chi connectivity index (χ2n) is 26.7. The Bertz CT molecular complexity index is 1260. The van der Waals surface area contributed by atoms with E-state index in [9.17, 15) is 19.8 Å². The molecule has 0 radical (unpaired) electrons. The van der Waals surface area contributed by atoms with E-state index in [0.717, 1.165) is 38.5 Å². The predicted octanol–water partition coefficient (Wildman–Crippen LogP) is 25.1. The Balaban J connectivity index is 3.34. The van der Waals surface area contributed by atoms with Crippen LogP contribution in [0.1, 0.15) is 444 Å². The van der Waals surface area contributed by atoms with Crippen molar-refractivity contribution in [1.29, 1.82) is 0 Å². The summed E-state index contributed by atoms with van der Waals surface area (Å²) >= 11 is 0. The molecule has 0 saturated carbocycles. The number of rotatable bonds is 73. The van der Waals surface area contributed by atoms with Crippen LogP contribution in [0.3, 0.4) is 0 Å². The lowest BCUT2D eigenvalue weighted by atomic mass is 10.0. The van der Waals surface area contributed by atoms with Crippen molar-refractivity contribution in [2.24, 2.45) is 0 Å². The zero-order valence-corrected chi connectivity index (χ0v) is 56.7. The number of aliphatic hydroxyl groups excluding tert-OH is 2. The fourth-order valence-electron chi connectivity index (χ4n) is 12.5. The van der Waals surface area contributed by atoms with Crippen molar-refractivity contribution >= 4 is 11.9 Å². The van der Waals surface area contributed by atoms with Gasteiger partial charge in [0.2, 0.25) is 5.91 Å². The molecule has 0 aliphatic heterocycles. The minimum atomic E-state index is -0.663. The van der Waals surface area contributed by atoms with Crippen LogP contribution in [0.2, 0.25) is 0 Å². The number of carbonyl (C=O) groups excluding carboxylic acids is 2. The molecule has 0 saturated heterocycles. The smallest absolute Gasteiger partial charge is 0.305 e. The monoisotopic (exact) mass is 1170 g/mol. The van der Waals surface area contributed by atoms with Crippen LogP contribution < -0.4 is 5.32 Å². The van der Waals surface area contributed by atoms with Gasteiger partial charge in [-0.2, -0.15) is 0 Å². The number of hydrogen-bond acceptors (Lipinski definition) is 5. The molecule has 0 fully saturated rings. The van der Waals surface area contributed by atoms with E-state index in [0.29, 0.717) is 25.9 Å². The molecule has 2 atom stereocenters. The van der Waals surface area contributed by atoms with E-state index in [-0.39, 0.29) is 18.5 Å². The van der Waals surface area contributed by atoms with Crippen LogP contribution in [0.4, 0.5) is 0 Å². The van der Waals surface area contributed by atoms with Crippen LogP contribution in [-0.4, -0.2) is 47.4 Å². The first-order valence-corrected chi connectivity index (χ1v) is 38.4. The molecule has 0 aliphatic carbocycles. The molecule has 2 unspecified atom stereocenters. The van der Waals surface area contributed by atoms with E-state index < -0.39 is 12.1 Å². The van der Waals surface area contributed by atoms with E-state index in [4.69, 9.17) is 4.74 Å². The lowest BCUT2D eigenvalue weighted by molar-refractivity contribution is -0.143. The van der Waals surface area contributed by atoms with Crippen molar-refractivity contribution in [2.45, 2.75) is 456 Å². The van der Waals surface area contributed by atoms with Crippen molar-refractivity contribution in [3.63, 3.8) is 0 Å². The second-order valence-corrected chi connectivity index (χ2v) is 26.7. The highest BCUT2D eigenvalue weighted by Crippen LogP contribution is 2.20. The van der Waals surface area contributed by atoms with Gasteiger partial charge in [-0.05, 0) is 51.4 Å². The Morgan fingerprint density at radius 1 is 0.325 bits per heavy atom. The first kappa shape index (κ1) is 81.6. The average molecular weight is 1170 g/mol. The number of unbranched alkanes of at least 4 members (excludes halogenated alkanes) is 60. The number of esters is 1. The fraction of sp³-hybridized carbons (Fsp3) is 0.948. The molecule has 83 heavy (non-hydrogen) atoms. The van der Waals surface area contributed by atoms with Gasteiger partial charge in [-0.25, -0.2) is 0 Å². The maximum absolute atomic E-state index is 12.5. The molecule has 0 aromatic rings. The van der Waals surface area contributed by atoms with Crippen molar-refractivity contribution in [3.8, 4) is 0 Å². The molecule has 0 bridgehead atoms. The third kappa shape index (κ3) is 69.6. The molecule has 6 nitrogen and oxygen atoms in total. The number of ether oxygens (including phenoxy) is 1. The maximum Gasteiger partial charge on any atom is 0.305 e. The Morgan fingerprint density at radius 2 is 0.566 bits per heavy atom. The molecule has 494 valence electrons. The van der Waals surface area contributed by atoms with Crippen LogP contribution >= 0.6 is 0 Å². The number of nitrogens with one attached hydrogen (secondary N) is 1. The van der Waals surface area contributed by atoms with E-state index in [1.165, 1.54) is 372 Å². The third-order valence-electron chi connectivity index (χ3n) is 18.3. The molecule has 0 aromatic heterocycles. The summed E-state index contributed by atoms with van der Waals surface area (Å²) in [6.07, 6.45) is 91.5. The highest BCUT2D eigenvalue weighted by atomic mass is 16.5. The number of hydrogen-bond donors (Lipinski definition) is 3. The average Bonchev–Trinajstić information content (AvgIpc) is 3.49. The lowest BCUT2D eigenvalue weighted by Gasteiger charge is -2.22. The topological polar surface area (TPSA) is 95.9 Å². The van der Waals surface area contributed by atoms with Crippen molar-refractivity contribution < 1.29 is 24.5 Å². The summed E-state index contributed by atoms with van der Waals surface area (Å²) in [5, 5.41) is 23.4. The molecule has 0 aromatic carbocycles. The number of aliphatic hydroxyl groups is 2. The quantitative estimate of drug-likeness (QED) is 0.0320. The summed E-state index contributed by atoms with van der Waals surface area (Å²) in [5.41, 5.74) is 0. The minimum Gasteiger partial charge on any atom is -0.466 e. The Kier molecular flexibility index (Phi) is 71.8.